The molecule has 0 radical (unpaired) electrons. The second kappa shape index (κ2) is 6.41. The van der Waals surface area contributed by atoms with Gasteiger partial charge in [-0.2, -0.15) is 11.8 Å². The lowest BCUT2D eigenvalue weighted by Gasteiger charge is -2.25. The Morgan fingerprint density at radius 3 is 2.38 bits per heavy atom. The number of carbonyl (C=O) groups excluding carboxylic acids is 1. The molecule has 116 valence electrons. The molecule has 0 saturated carbocycles. The summed E-state index contributed by atoms with van der Waals surface area (Å²) in [6.07, 6.45) is 2.08. The fourth-order valence-electron chi connectivity index (χ4n) is 2.64. The van der Waals surface area contributed by atoms with Crippen molar-refractivity contribution in [3.63, 3.8) is 0 Å². The number of nitrogens with one attached hydrogen (secondary N) is 1. The predicted molar refractivity (Wildman–Crippen MR) is 90.6 cm³/mol. The van der Waals surface area contributed by atoms with Crippen LogP contribution in [0.3, 0.4) is 0 Å². The van der Waals surface area contributed by atoms with Gasteiger partial charge in [0.25, 0.3) is 0 Å². The van der Waals surface area contributed by atoms with Crippen LogP contribution in [0.15, 0.2) is 24.3 Å². The lowest BCUT2D eigenvalue weighted by atomic mass is 9.86. The molecule has 3 nitrogen and oxygen atoms in total. The topological polar surface area (TPSA) is 32.3 Å². The molecule has 1 aromatic rings. The number of hydrogen-bond donors (Lipinski definition) is 1. The highest BCUT2D eigenvalue weighted by molar-refractivity contribution is 7.98. The van der Waals surface area contributed by atoms with Crippen LogP contribution in [0.4, 0.5) is 0 Å². The molecule has 1 aliphatic heterocycles. The Morgan fingerprint density at radius 1 is 1.24 bits per heavy atom. The average Bonchev–Trinajstić information content (AvgIpc) is 2.72. The number of hydrogen-bond acceptors (Lipinski definition) is 3. The second-order valence-electron chi connectivity index (χ2n) is 6.69. The van der Waals surface area contributed by atoms with Gasteiger partial charge >= 0.3 is 0 Å². The normalized spacial score (nSPS) is 22.9. The fraction of sp³-hybridized carbons (Fsp3) is 0.588. The molecular formula is C17H26N2OS. The Kier molecular flexibility index (Phi) is 4.99. The van der Waals surface area contributed by atoms with Crippen molar-refractivity contribution in [3.8, 4) is 0 Å². The molecule has 4 heteroatoms. The zero-order chi connectivity index (χ0) is 15.6. The van der Waals surface area contributed by atoms with Crippen molar-refractivity contribution in [1.29, 1.82) is 0 Å². The van der Waals surface area contributed by atoms with Gasteiger partial charge < -0.3 is 4.90 Å². The molecule has 1 amide bonds. The van der Waals surface area contributed by atoms with Crippen LogP contribution in [-0.4, -0.2) is 35.4 Å². The van der Waals surface area contributed by atoms with E-state index in [4.69, 9.17) is 0 Å². The maximum atomic E-state index is 12.3. The molecule has 1 fully saturated rings. The molecule has 2 unspecified atom stereocenters. The highest BCUT2D eigenvalue weighted by Gasteiger charge is 2.36. The molecule has 0 spiro atoms. The van der Waals surface area contributed by atoms with E-state index >= 15 is 0 Å². The van der Waals surface area contributed by atoms with Crippen molar-refractivity contribution in [2.75, 3.05) is 18.6 Å². The van der Waals surface area contributed by atoms with Crippen molar-refractivity contribution in [2.24, 2.45) is 0 Å². The van der Waals surface area contributed by atoms with Crippen LogP contribution in [0.5, 0.6) is 0 Å². The van der Waals surface area contributed by atoms with Crippen LogP contribution in [0, 0.1) is 0 Å². The van der Waals surface area contributed by atoms with Crippen LogP contribution in [0.2, 0.25) is 0 Å². The van der Waals surface area contributed by atoms with Crippen molar-refractivity contribution >= 4 is 17.7 Å². The van der Waals surface area contributed by atoms with E-state index in [1.54, 1.807) is 11.8 Å². The zero-order valence-corrected chi connectivity index (χ0v) is 14.5. The van der Waals surface area contributed by atoms with Crippen molar-refractivity contribution in [2.45, 2.75) is 45.3 Å². The zero-order valence-electron chi connectivity index (χ0n) is 13.6. The molecule has 2 atom stereocenters. The maximum Gasteiger partial charge on any atom is 0.241 e. The Balaban J connectivity index is 2.21. The minimum atomic E-state index is -0.0980. The molecule has 1 saturated heterocycles. The Morgan fingerprint density at radius 2 is 1.86 bits per heavy atom. The minimum Gasteiger partial charge on any atom is -0.321 e. The summed E-state index contributed by atoms with van der Waals surface area (Å²) < 4.78 is 0. The van der Waals surface area contributed by atoms with Gasteiger partial charge in [-0.05, 0) is 29.7 Å². The lowest BCUT2D eigenvalue weighted by molar-refractivity contribution is -0.129. The van der Waals surface area contributed by atoms with E-state index in [2.05, 4.69) is 56.6 Å². The first-order valence-electron chi connectivity index (χ1n) is 7.50. The number of nitrogens with zero attached hydrogens (tertiary/aromatic N) is 1. The van der Waals surface area contributed by atoms with Gasteiger partial charge in [-0.25, -0.2) is 0 Å². The summed E-state index contributed by atoms with van der Waals surface area (Å²) in [5, 5.41) is 3.40. The van der Waals surface area contributed by atoms with Crippen LogP contribution < -0.4 is 5.32 Å². The summed E-state index contributed by atoms with van der Waals surface area (Å²) >= 11 is 1.77. The van der Waals surface area contributed by atoms with E-state index in [1.165, 1.54) is 11.1 Å². The third-order valence-electron chi connectivity index (χ3n) is 4.00. The number of thioether (sulfide) groups is 1. The van der Waals surface area contributed by atoms with Crippen molar-refractivity contribution < 1.29 is 4.79 Å². The molecule has 21 heavy (non-hydrogen) atoms. The third-order valence-corrected chi connectivity index (χ3v) is 4.59. The van der Waals surface area contributed by atoms with Gasteiger partial charge in [0.15, 0.2) is 0 Å². The van der Waals surface area contributed by atoms with E-state index in [1.807, 2.05) is 11.8 Å². The van der Waals surface area contributed by atoms with Crippen LogP contribution >= 0.6 is 11.8 Å². The minimum absolute atomic E-state index is 0.00803. The number of carbonyl (C=O) groups is 1. The van der Waals surface area contributed by atoms with E-state index in [-0.39, 0.29) is 23.5 Å². The Hall–Kier alpha value is -1.00. The number of amides is 1. The molecule has 2 rings (SSSR count). The fourth-order valence-corrected chi connectivity index (χ4v) is 3.02. The quantitative estimate of drug-likeness (QED) is 0.927. The van der Waals surface area contributed by atoms with Crippen LogP contribution in [0.1, 0.15) is 45.0 Å². The summed E-state index contributed by atoms with van der Waals surface area (Å²) in [6, 6.07) is 8.55. The van der Waals surface area contributed by atoms with Gasteiger partial charge in [-0.3, -0.25) is 10.1 Å². The first-order chi connectivity index (χ1) is 9.84. The molecule has 1 heterocycles. The van der Waals surface area contributed by atoms with Gasteiger partial charge in [-0.1, -0.05) is 45.0 Å². The molecule has 1 N–H and O–H groups in total. The van der Waals surface area contributed by atoms with Crippen LogP contribution in [0.25, 0.3) is 0 Å². The van der Waals surface area contributed by atoms with Crippen molar-refractivity contribution in [1.82, 2.24) is 10.2 Å². The smallest absolute Gasteiger partial charge is 0.241 e. The highest BCUT2D eigenvalue weighted by Crippen LogP contribution is 2.28. The molecular weight excluding hydrogens is 280 g/mol. The Bertz CT molecular complexity index is 493. The first kappa shape index (κ1) is 16.4. The third kappa shape index (κ3) is 3.61. The number of benzene rings is 1. The SMILES string of the molecule is CSCCN1C(=O)C(C)NC1c1ccc(C(C)(C)C)cc1. The largest absolute Gasteiger partial charge is 0.321 e. The summed E-state index contributed by atoms with van der Waals surface area (Å²) in [6.45, 7) is 9.38. The van der Waals surface area contributed by atoms with Gasteiger partial charge in [0.2, 0.25) is 5.91 Å². The Labute approximate surface area is 132 Å². The first-order valence-corrected chi connectivity index (χ1v) is 8.90. The molecule has 1 aliphatic rings. The van der Waals surface area contributed by atoms with E-state index in [9.17, 15) is 4.79 Å². The summed E-state index contributed by atoms with van der Waals surface area (Å²) in [5.74, 6) is 1.17. The van der Waals surface area contributed by atoms with E-state index < -0.39 is 0 Å². The van der Waals surface area contributed by atoms with Gasteiger partial charge in [0.1, 0.15) is 6.17 Å². The molecule has 1 aromatic carbocycles. The maximum absolute atomic E-state index is 12.3. The average molecular weight is 306 g/mol. The molecule has 0 aromatic heterocycles. The summed E-state index contributed by atoms with van der Waals surface area (Å²) in [5.41, 5.74) is 2.64. The lowest BCUT2D eigenvalue weighted by Crippen LogP contribution is -2.32. The summed E-state index contributed by atoms with van der Waals surface area (Å²) in [4.78, 5) is 14.2. The van der Waals surface area contributed by atoms with Gasteiger partial charge in [0, 0.05) is 12.3 Å². The highest BCUT2D eigenvalue weighted by atomic mass is 32.2. The van der Waals surface area contributed by atoms with Crippen LogP contribution in [-0.2, 0) is 10.2 Å². The standard InChI is InChI=1S/C17H26N2OS/c1-12-16(20)19(10-11-21-5)15(18-12)13-6-8-14(9-7-13)17(2,3)4/h6-9,12,15,18H,10-11H2,1-5H3. The van der Waals surface area contributed by atoms with Crippen molar-refractivity contribution in [3.05, 3.63) is 35.4 Å². The van der Waals surface area contributed by atoms with E-state index in [0.29, 0.717) is 0 Å². The van der Waals surface area contributed by atoms with Gasteiger partial charge in [-0.15, -0.1) is 0 Å². The van der Waals surface area contributed by atoms with Gasteiger partial charge in [0.05, 0.1) is 6.04 Å². The molecule has 0 aliphatic carbocycles. The predicted octanol–water partition coefficient (Wildman–Crippen LogP) is 3.17. The second-order valence-corrected chi connectivity index (χ2v) is 7.67. The summed E-state index contributed by atoms with van der Waals surface area (Å²) in [7, 11) is 0. The monoisotopic (exact) mass is 306 g/mol. The van der Waals surface area contributed by atoms with E-state index in [0.717, 1.165) is 12.3 Å². The molecule has 0 bridgehead atoms. The number of rotatable bonds is 4.